The van der Waals surface area contributed by atoms with E-state index in [0.717, 1.165) is 81.1 Å². The number of fused-ring (bicyclic) bond motifs is 10. The van der Waals surface area contributed by atoms with Gasteiger partial charge in [-0.1, -0.05) is 140 Å². The molecule has 0 unspecified atom stereocenters. The van der Waals surface area contributed by atoms with Crippen LogP contribution in [0.5, 0.6) is 0 Å². The molecule has 0 fully saturated rings. The summed E-state index contributed by atoms with van der Waals surface area (Å²) in [5.74, 6) is 1.87. The Hall–Kier alpha value is -7.41. The second kappa shape index (κ2) is 12.6. The molecule has 12 rings (SSSR count). The van der Waals surface area contributed by atoms with Crippen LogP contribution in [0.1, 0.15) is 0 Å². The van der Waals surface area contributed by atoms with Crippen LogP contribution in [0.4, 0.5) is 0 Å². The largest absolute Gasteiger partial charge is 0.455 e. The van der Waals surface area contributed by atoms with Gasteiger partial charge in [0.1, 0.15) is 11.2 Å². The molecule has 0 amide bonds. The molecule has 6 heteroatoms. The van der Waals surface area contributed by atoms with Gasteiger partial charge in [-0.25, -0.2) is 15.0 Å². The molecule has 8 aromatic carbocycles. The third kappa shape index (κ3) is 5.04. The molecule has 0 spiro atoms. The monoisotopic (exact) mass is 746 g/mol. The molecule has 5 nitrogen and oxygen atoms in total. The average molecular weight is 747 g/mol. The summed E-state index contributed by atoms with van der Waals surface area (Å²) in [5, 5.41) is 6.80. The van der Waals surface area contributed by atoms with Crippen LogP contribution in [0, 0.1) is 0 Å². The third-order valence-corrected chi connectivity index (χ3v) is 12.2. The minimum Gasteiger partial charge on any atom is -0.455 e. The Morgan fingerprint density at radius 3 is 1.75 bits per heavy atom. The van der Waals surface area contributed by atoms with E-state index in [9.17, 15) is 0 Å². The molecule has 0 aliphatic heterocycles. The van der Waals surface area contributed by atoms with Crippen molar-refractivity contribution >= 4 is 75.3 Å². The zero-order chi connectivity index (χ0) is 37.5. The van der Waals surface area contributed by atoms with Gasteiger partial charge < -0.3 is 8.98 Å². The van der Waals surface area contributed by atoms with Gasteiger partial charge in [0, 0.05) is 64.1 Å². The molecule has 266 valence electrons. The fraction of sp³-hybridized carbons (Fsp3) is 0. The van der Waals surface area contributed by atoms with E-state index >= 15 is 0 Å². The Bertz CT molecular complexity index is 3460. The second-order valence-corrected chi connectivity index (χ2v) is 15.4. The van der Waals surface area contributed by atoms with Crippen LogP contribution >= 0.6 is 11.3 Å². The van der Waals surface area contributed by atoms with Crippen molar-refractivity contribution in [1.82, 2.24) is 19.5 Å². The standard InChI is InChI=1S/C51H30N4OS/c1-4-14-31(15-5-1)34-24-25-37-36-20-10-12-22-42(36)55(43(37)28-34)35-29-40-46-45(27-26-39-38-21-11-13-23-44(38)56-47(39)46)57-48(40)41(30-35)51-53-49(32-16-6-2-7-17-32)52-50(54-51)33-18-8-3-9-19-33/h1-30H. The van der Waals surface area contributed by atoms with Crippen LogP contribution in [0.25, 0.3) is 115 Å². The van der Waals surface area contributed by atoms with Crippen molar-refractivity contribution in [2.75, 3.05) is 0 Å². The minimum absolute atomic E-state index is 0.618. The molecule has 0 N–H and O–H groups in total. The van der Waals surface area contributed by atoms with Gasteiger partial charge in [-0.3, -0.25) is 0 Å². The Morgan fingerprint density at radius 2 is 1.02 bits per heavy atom. The Morgan fingerprint density at radius 1 is 0.421 bits per heavy atom. The van der Waals surface area contributed by atoms with Gasteiger partial charge in [0.05, 0.1) is 11.0 Å². The summed E-state index contributed by atoms with van der Waals surface area (Å²) in [4.78, 5) is 15.6. The van der Waals surface area contributed by atoms with Crippen molar-refractivity contribution in [1.29, 1.82) is 0 Å². The summed E-state index contributed by atoms with van der Waals surface area (Å²) in [5.41, 5.74) is 10.2. The Balaban J connectivity index is 1.22. The number of furan rings is 1. The number of hydrogen-bond donors (Lipinski definition) is 0. The lowest BCUT2D eigenvalue weighted by molar-refractivity contribution is 0.673. The highest BCUT2D eigenvalue weighted by Crippen LogP contribution is 2.47. The quantitative estimate of drug-likeness (QED) is 0.176. The van der Waals surface area contributed by atoms with Crippen LogP contribution in [-0.4, -0.2) is 19.5 Å². The summed E-state index contributed by atoms with van der Waals surface area (Å²) in [6.07, 6.45) is 0. The molecular weight excluding hydrogens is 717 g/mol. The maximum atomic E-state index is 6.73. The molecule has 4 aromatic heterocycles. The van der Waals surface area contributed by atoms with Crippen molar-refractivity contribution in [3.8, 4) is 51.0 Å². The van der Waals surface area contributed by atoms with Crippen LogP contribution in [0.15, 0.2) is 186 Å². The number of hydrogen-bond acceptors (Lipinski definition) is 5. The molecule has 0 bridgehead atoms. The lowest BCUT2D eigenvalue weighted by Gasteiger charge is -2.13. The van der Waals surface area contributed by atoms with Crippen molar-refractivity contribution in [2.45, 2.75) is 0 Å². The summed E-state index contributed by atoms with van der Waals surface area (Å²) < 4.78 is 11.4. The molecule has 57 heavy (non-hydrogen) atoms. The van der Waals surface area contributed by atoms with Gasteiger partial charge in [0.15, 0.2) is 17.5 Å². The first kappa shape index (κ1) is 31.9. The van der Waals surface area contributed by atoms with Crippen molar-refractivity contribution in [3.05, 3.63) is 182 Å². The van der Waals surface area contributed by atoms with E-state index in [1.54, 1.807) is 11.3 Å². The minimum atomic E-state index is 0.618. The first-order chi connectivity index (χ1) is 28.2. The maximum absolute atomic E-state index is 6.73. The number of nitrogens with zero attached hydrogens (tertiary/aromatic N) is 4. The van der Waals surface area contributed by atoms with Gasteiger partial charge >= 0.3 is 0 Å². The first-order valence-corrected chi connectivity index (χ1v) is 19.8. The van der Waals surface area contributed by atoms with Gasteiger partial charge in [-0.15, -0.1) is 11.3 Å². The van der Waals surface area contributed by atoms with E-state index in [2.05, 4.69) is 144 Å². The van der Waals surface area contributed by atoms with E-state index in [4.69, 9.17) is 19.4 Å². The van der Waals surface area contributed by atoms with Crippen LogP contribution < -0.4 is 0 Å². The number of aromatic nitrogens is 4. The van der Waals surface area contributed by atoms with Crippen LogP contribution in [0.3, 0.4) is 0 Å². The molecule has 0 saturated carbocycles. The number of benzene rings is 8. The van der Waals surface area contributed by atoms with E-state index in [0.29, 0.717) is 17.5 Å². The summed E-state index contributed by atoms with van der Waals surface area (Å²) in [7, 11) is 0. The maximum Gasteiger partial charge on any atom is 0.165 e. The number of thiophene rings is 1. The predicted molar refractivity (Wildman–Crippen MR) is 236 cm³/mol. The summed E-state index contributed by atoms with van der Waals surface area (Å²) >= 11 is 1.75. The molecule has 12 aromatic rings. The topological polar surface area (TPSA) is 56.7 Å². The lowest BCUT2D eigenvalue weighted by atomic mass is 10.0. The molecule has 4 heterocycles. The second-order valence-electron chi connectivity index (χ2n) is 14.4. The smallest absolute Gasteiger partial charge is 0.165 e. The molecular formula is C51H30N4OS. The zero-order valence-electron chi connectivity index (χ0n) is 30.4. The van der Waals surface area contributed by atoms with Crippen molar-refractivity contribution in [2.24, 2.45) is 0 Å². The van der Waals surface area contributed by atoms with E-state index < -0.39 is 0 Å². The van der Waals surface area contributed by atoms with Crippen LogP contribution in [-0.2, 0) is 0 Å². The Labute approximate surface area is 330 Å². The number of rotatable bonds is 5. The van der Waals surface area contributed by atoms with Gasteiger partial charge in [-0.05, 0) is 53.6 Å². The highest BCUT2D eigenvalue weighted by Gasteiger charge is 2.23. The first-order valence-electron chi connectivity index (χ1n) is 19.0. The molecule has 0 aliphatic carbocycles. The average Bonchev–Trinajstić information content (AvgIpc) is 3.96. The lowest BCUT2D eigenvalue weighted by Crippen LogP contribution is -2.01. The van der Waals surface area contributed by atoms with E-state index in [1.807, 2.05) is 42.5 Å². The zero-order valence-corrected chi connectivity index (χ0v) is 31.2. The Kier molecular flexibility index (Phi) is 7.03. The molecule has 0 radical (unpaired) electrons. The fourth-order valence-corrected chi connectivity index (χ4v) is 9.61. The molecule has 0 aliphatic rings. The van der Waals surface area contributed by atoms with Gasteiger partial charge in [0.25, 0.3) is 0 Å². The fourth-order valence-electron chi connectivity index (χ4n) is 8.41. The molecule has 0 saturated heterocycles. The van der Waals surface area contributed by atoms with Crippen molar-refractivity contribution in [3.63, 3.8) is 0 Å². The van der Waals surface area contributed by atoms with Crippen molar-refractivity contribution < 1.29 is 4.42 Å². The SMILES string of the molecule is c1ccc(-c2ccc3c4ccccc4n(-c4cc(-c5nc(-c6ccccc6)nc(-c6ccccc6)n5)c5sc6ccc7c8ccccc8oc7c6c5c4)c3c2)cc1. The number of para-hydroxylation sites is 2. The highest BCUT2D eigenvalue weighted by atomic mass is 32.1. The molecule has 0 atom stereocenters. The van der Waals surface area contributed by atoms with Gasteiger partial charge in [0.2, 0.25) is 0 Å². The normalized spacial score (nSPS) is 11.9. The summed E-state index contributed by atoms with van der Waals surface area (Å²) in [6, 6.07) is 63.8. The third-order valence-electron chi connectivity index (χ3n) is 11.0. The van der Waals surface area contributed by atoms with Gasteiger partial charge in [-0.2, -0.15) is 0 Å². The van der Waals surface area contributed by atoms with Crippen LogP contribution in [0.2, 0.25) is 0 Å². The van der Waals surface area contributed by atoms with E-state index in [-0.39, 0.29) is 0 Å². The van der Waals surface area contributed by atoms with E-state index in [1.165, 1.54) is 16.3 Å². The summed E-state index contributed by atoms with van der Waals surface area (Å²) in [6.45, 7) is 0. The highest BCUT2D eigenvalue weighted by molar-refractivity contribution is 7.26. The predicted octanol–water partition coefficient (Wildman–Crippen LogP) is 13.9.